The lowest BCUT2D eigenvalue weighted by atomic mass is 10.1. The molecule has 6 nitrogen and oxygen atoms in total. The Hall–Kier alpha value is -3.49. The van der Waals surface area contributed by atoms with Crippen molar-refractivity contribution in [1.82, 2.24) is 15.2 Å². The molecule has 2 N–H and O–H groups in total. The van der Waals surface area contributed by atoms with E-state index < -0.39 is 11.7 Å². The molecule has 0 spiro atoms. The minimum atomic E-state index is -4.51. The van der Waals surface area contributed by atoms with Gasteiger partial charge in [-0.15, -0.1) is 5.10 Å². The Balaban J connectivity index is 1.79. The highest BCUT2D eigenvalue weighted by Crippen LogP contribution is 2.35. The molecule has 1 aromatic heterocycles. The van der Waals surface area contributed by atoms with Crippen molar-refractivity contribution in [2.75, 3.05) is 10.6 Å². The maximum absolute atomic E-state index is 13.1. The molecule has 0 bridgehead atoms. The Bertz CT molecular complexity index is 958. The van der Waals surface area contributed by atoms with Gasteiger partial charge in [0, 0.05) is 11.3 Å². The van der Waals surface area contributed by atoms with Crippen molar-refractivity contribution >= 4 is 28.9 Å². The predicted octanol–water partition coefficient (Wildman–Crippen LogP) is 4.58. The van der Waals surface area contributed by atoms with Gasteiger partial charge in [-0.2, -0.15) is 23.3 Å². The standard InChI is InChI=1S/C18H14F3N5O/c1-11(27)12-6-8-13(9-7-12)23-16-10-22-26-17(25-16)24-15-5-3-2-4-14(15)18(19,20)21/h2-10H,1H3,(H2,23,24,25,26). The molecule has 9 heteroatoms. The number of hydrogen-bond acceptors (Lipinski definition) is 6. The molecule has 3 aromatic rings. The Morgan fingerprint density at radius 2 is 1.70 bits per heavy atom. The number of ketones is 1. The molecule has 0 aliphatic carbocycles. The lowest BCUT2D eigenvalue weighted by molar-refractivity contribution is -0.136. The molecule has 0 fully saturated rings. The van der Waals surface area contributed by atoms with Crippen LogP contribution in [-0.4, -0.2) is 21.0 Å². The number of nitrogens with one attached hydrogen (secondary N) is 2. The molecule has 0 radical (unpaired) electrons. The number of nitrogens with zero attached hydrogens (tertiary/aromatic N) is 3. The van der Waals surface area contributed by atoms with Crippen LogP contribution in [0.3, 0.4) is 0 Å². The van der Waals surface area contributed by atoms with Gasteiger partial charge in [0.25, 0.3) is 0 Å². The van der Waals surface area contributed by atoms with Crippen LogP contribution in [0.5, 0.6) is 0 Å². The molecule has 1 heterocycles. The Labute approximate surface area is 152 Å². The molecule has 138 valence electrons. The highest BCUT2D eigenvalue weighted by molar-refractivity contribution is 5.94. The Kier molecular flexibility index (Phi) is 5.02. The summed E-state index contributed by atoms with van der Waals surface area (Å²) in [5.74, 6) is 0.143. The van der Waals surface area contributed by atoms with Crippen LogP contribution in [0.4, 0.5) is 36.3 Å². The number of alkyl halides is 3. The Morgan fingerprint density at radius 1 is 1.00 bits per heavy atom. The minimum Gasteiger partial charge on any atom is -0.339 e. The van der Waals surface area contributed by atoms with Crippen molar-refractivity contribution in [3.05, 3.63) is 65.9 Å². The zero-order valence-corrected chi connectivity index (χ0v) is 14.1. The van der Waals surface area contributed by atoms with Gasteiger partial charge in [0.2, 0.25) is 5.95 Å². The number of benzene rings is 2. The molecule has 3 rings (SSSR count). The average Bonchev–Trinajstić information content (AvgIpc) is 2.62. The summed E-state index contributed by atoms with van der Waals surface area (Å²) in [6.45, 7) is 1.47. The van der Waals surface area contributed by atoms with E-state index in [2.05, 4.69) is 25.8 Å². The molecule has 0 aliphatic rings. The van der Waals surface area contributed by atoms with Gasteiger partial charge in [-0.25, -0.2) is 0 Å². The van der Waals surface area contributed by atoms with E-state index in [1.54, 1.807) is 24.3 Å². The first kappa shape index (κ1) is 18.3. The van der Waals surface area contributed by atoms with Gasteiger partial charge >= 0.3 is 6.18 Å². The number of rotatable bonds is 5. The van der Waals surface area contributed by atoms with Gasteiger partial charge in [-0.1, -0.05) is 12.1 Å². The van der Waals surface area contributed by atoms with E-state index in [4.69, 9.17) is 0 Å². The van der Waals surface area contributed by atoms with E-state index in [1.807, 2.05) is 0 Å². The van der Waals surface area contributed by atoms with Gasteiger partial charge in [0.1, 0.15) is 0 Å². The molecule has 0 aliphatic heterocycles. The number of carbonyl (C=O) groups excluding carboxylic acids is 1. The zero-order chi connectivity index (χ0) is 19.4. The molecule has 0 amide bonds. The third-order valence-corrected chi connectivity index (χ3v) is 3.60. The number of aromatic nitrogens is 3. The zero-order valence-electron chi connectivity index (χ0n) is 14.1. The van der Waals surface area contributed by atoms with Crippen LogP contribution in [0.1, 0.15) is 22.8 Å². The second-order valence-corrected chi connectivity index (χ2v) is 5.59. The van der Waals surface area contributed by atoms with Crippen molar-refractivity contribution in [1.29, 1.82) is 0 Å². The maximum atomic E-state index is 13.1. The van der Waals surface area contributed by atoms with E-state index in [-0.39, 0.29) is 23.2 Å². The SMILES string of the molecule is CC(=O)c1ccc(Nc2cnnc(Nc3ccccc3C(F)(F)F)n2)cc1. The minimum absolute atomic E-state index is 0.0555. The first-order valence-corrected chi connectivity index (χ1v) is 7.84. The summed E-state index contributed by atoms with van der Waals surface area (Å²) in [7, 11) is 0. The van der Waals surface area contributed by atoms with Crippen LogP contribution >= 0.6 is 0 Å². The van der Waals surface area contributed by atoms with Crippen LogP contribution < -0.4 is 10.6 Å². The van der Waals surface area contributed by atoms with E-state index >= 15 is 0 Å². The number of hydrogen-bond donors (Lipinski definition) is 2. The van der Waals surface area contributed by atoms with E-state index in [1.165, 1.54) is 31.3 Å². The molecular weight excluding hydrogens is 359 g/mol. The summed E-state index contributed by atoms with van der Waals surface area (Å²) < 4.78 is 39.2. The summed E-state index contributed by atoms with van der Waals surface area (Å²) in [5.41, 5.74) is 0.205. The number of halogens is 3. The Morgan fingerprint density at radius 3 is 2.37 bits per heavy atom. The summed E-state index contributed by atoms with van der Waals surface area (Å²) in [6.07, 6.45) is -3.18. The van der Waals surface area contributed by atoms with Crippen LogP contribution in [0.25, 0.3) is 0 Å². The summed E-state index contributed by atoms with van der Waals surface area (Å²) in [4.78, 5) is 15.4. The van der Waals surface area contributed by atoms with Crippen LogP contribution in [0.2, 0.25) is 0 Å². The third kappa shape index (κ3) is 4.57. The van der Waals surface area contributed by atoms with Crippen molar-refractivity contribution in [2.45, 2.75) is 13.1 Å². The van der Waals surface area contributed by atoms with Crippen LogP contribution in [0, 0.1) is 0 Å². The average molecular weight is 373 g/mol. The normalized spacial score (nSPS) is 11.1. The van der Waals surface area contributed by atoms with Crippen LogP contribution in [0.15, 0.2) is 54.7 Å². The van der Waals surface area contributed by atoms with Crippen molar-refractivity contribution in [3.63, 3.8) is 0 Å². The van der Waals surface area contributed by atoms with Crippen LogP contribution in [-0.2, 0) is 6.18 Å². The molecule has 0 saturated carbocycles. The van der Waals surface area contributed by atoms with Gasteiger partial charge in [0.15, 0.2) is 11.6 Å². The molecule has 0 atom stereocenters. The predicted molar refractivity (Wildman–Crippen MR) is 94.3 cm³/mol. The first-order chi connectivity index (χ1) is 12.8. The number of Topliss-reactive ketones (excluding diaryl/α,β-unsaturated/α-hetero) is 1. The van der Waals surface area contributed by atoms with Crippen molar-refractivity contribution in [3.8, 4) is 0 Å². The van der Waals surface area contributed by atoms with E-state index in [0.717, 1.165) is 6.07 Å². The van der Waals surface area contributed by atoms with Gasteiger partial charge in [-0.05, 0) is 43.3 Å². The topological polar surface area (TPSA) is 79.8 Å². The highest BCUT2D eigenvalue weighted by atomic mass is 19.4. The summed E-state index contributed by atoms with van der Waals surface area (Å²) in [5, 5.41) is 12.9. The largest absolute Gasteiger partial charge is 0.418 e. The lowest BCUT2D eigenvalue weighted by Crippen LogP contribution is -2.10. The third-order valence-electron chi connectivity index (χ3n) is 3.60. The highest BCUT2D eigenvalue weighted by Gasteiger charge is 2.33. The maximum Gasteiger partial charge on any atom is 0.418 e. The smallest absolute Gasteiger partial charge is 0.339 e. The summed E-state index contributed by atoms with van der Waals surface area (Å²) in [6, 6.07) is 11.7. The fourth-order valence-corrected chi connectivity index (χ4v) is 2.31. The molecule has 0 saturated heterocycles. The molecule has 2 aromatic carbocycles. The van der Waals surface area contributed by atoms with E-state index in [0.29, 0.717) is 11.3 Å². The fraction of sp³-hybridized carbons (Fsp3) is 0.111. The first-order valence-electron chi connectivity index (χ1n) is 7.84. The number of anilines is 4. The van der Waals surface area contributed by atoms with Gasteiger partial charge in [-0.3, -0.25) is 4.79 Å². The van der Waals surface area contributed by atoms with Gasteiger partial charge < -0.3 is 10.6 Å². The lowest BCUT2D eigenvalue weighted by Gasteiger charge is -2.13. The molecule has 27 heavy (non-hydrogen) atoms. The monoisotopic (exact) mass is 373 g/mol. The summed E-state index contributed by atoms with van der Waals surface area (Å²) >= 11 is 0. The van der Waals surface area contributed by atoms with Crippen molar-refractivity contribution in [2.24, 2.45) is 0 Å². The molecular formula is C18H14F3N5O. The van der Waals surface area contributed by atoms with E-state index in [9.17, 15) is 18.0 Å². The number of carbonyl (C=O) groups is 1. The fourth-order valence-electron chi connectivity index (χ4n) is 2.31. The number of para-hydroxylation sites is 1. The van der Waals surface area contributed by atoms with Crippen molar-refractivity contribution < 1.29 is 18.0 Å². The quantitative estimate of drug-likeness (QED) is 0.637. The van der Waals surface area contributed by atoms with Gasteiger partial charge in [0.05, 0.1) is 17.4 Å². The second kappa shape index (κ2) is 7.40. The molecule has 0 unspecified atom stereocenters. The second-order valence-electron chi connectivity index (χ2n) is 5.59.